The van der Waals surface area contributed by atoms with Crippen molar-refractivity contribution in [2.45, 2.75) is 6.92 Å². The van der Waals surface area contributed by atoms with Crippen molar-refractivity contribution in [2.24, 2.45) is 0 Å². The molecule has 0 saturated carbocycles. The first kappa shape index (κ1) is 20.1. The molecule has 0 atom stereocenters. The van der Waals surface area contributed by atoms with Gasteiger partial charge in [-0.25, -0.2) is 4.79 Å². The fourth-order valence-electron chi connectivity index (χ4n) is 2.89. The van der Waals surface area contributed by atoms with Crippen molar-refractivity contribution in [1.82, 2.24) is 4.90 Å². The fourth-order valence-corrected chi connectivity index (χ4v) is 2.89. The third-order valence-electron chi connectivity index (χ3n) is 4.24. The highest BCUT2D eigenvalue weighted by molar-refractivity contribution is 6.22. The molecule has 2 aromatic rings. The number of hydrogen-bond acceptors (Lipinski definition) is 6. The summed E-state index contributed by atoms with van der Waals surface area (Å²) in [5.41, 5.74) is 0.663. The van der Waals surface area contributed by atoms with Gasteiger partial charge in [0, 0.05) is 6.54 Å². The average molecular weight is 395 g/mol. The minimum Gasteiger partial charge on any atom is -0.494 e. The molecule has 150 valence electrons. The molecule has 2 aromatic carbocycles. The van der Waals surface area contributed by atoms with E-state index in [1.54, 1.807) is 24.3 Å². The fraction of sp³-hybridized carbons (Fsp3) is 0.227. The monoisotopic (exact) mass is 395 g/mol. The highest BCUT2D eigenvalue weighted by atomic mass is 16.6. The number of rotatable bonds is 9. The summed E-state index contributed by atoms with van der Waals surface area (Å²) in [5, 5.41) is 0. The molecule has 0 aliphatic carbocycles. The lowest BCUT2D eigenvalue weighted by Crippen LogP contribution is -2.29. The van der Waals surface area contributed by atoms with Gasteiger partial charge in [-0.2, -0.15) is 0 Å². The predicted octanol–water partition coefficient (Wildman–Crippen LogP) is 3.10. The summed E-state index contributed by atoms with van der Waals surface area (Å²) in [7, 11) is 0. The van der Waals surface area contributed by atoms with Crippen LogP contribution in [0.1, 0.15) is 38.0 Å². The van der Waals surface area contributed by atoms with E-state index < -0.39 is 17.8 Å². The van der Waals surface area contributed by atoms with Gasteiger partial charge in [0.15, 0.2) is 0 Å². The van der Waals surface area contributed by atoms with E-state index in [1.807, 2.05) is 6.92 Å². The molecule has 7 heteroatoms. The molecule has 2 amide bonds. The molecule has 0 aromatic heterocycles. The summed E-state index contributed by atoms with van der Waals surface area (Å²) in [5.74, 6) is -0.0477. The number of benzene rings is 2. The molecule has 0 spiro atoms. The van der Waals surface area contributed by atoms with Crippen LogP contribution in [0.2, 0.25) is 0 Å². The van der Waals surface area contributed by atoms with Crippen molar-refractivity contribution >= 4 is 17.8 Å². The van der Waals surface area contributed by atoms with Gasteiger partial charge in [-0.15, -0.1) is 6.58 Å². The second-order valence-corrected chi connectivity index (χ2v) is 6.16. The van der Waals surface area contributed by atoms with E-state index in [0.29, 0.717) is 12.4 Å². The molecular weight excluding hydrogens is 374 g/mol. The van der Waals surface area contributed by atoms with Crippen molar-refractivity contribution in [1.29, 1.82) is 0 Å². The first-order chi connectivity index (χ1) is 14.0. The molecule has 0 radical (unpaired) electrons. The molecule has 1 heterocycles. The zero-order valence-electron chi connectivity index (χ0n) is 16.1. The predicted molar refractivity (Wildman–Crippen MR) is 105 cm³/mol. The Labute approximate surface area is 168 Å². The van der Waals surface area contributed by atoms with Gasteiger partial charge in [-0.1, -0.05) is 6.08 Å². The van der Waals surface area contributed by atoms with Gasteiger partial charge in [0.05, 0.1) is 23.3 Å². The van der Waals surface area contributed by atoms with Gasteiger partial charge >= 0.3 is 5.97 Å². The topological polar surface area (TPSA) is 82.1 Å². The molecular formula is C22H21NO6. The first-order valence-corrected chi connectivity index (χ1v) is 9.19. The van der Waals surface area contributed by atoms with Crippen LogP contribution in [-0.2, 0) is 4.74 Å². The zero-order valence-corrected chi connectivity index (χ0v) is 16.1. The summed E-state index contributed by atoms with van der Waals surface area (Å²) in [6.07, 6.45) is 1.47. The van der Waals surface area contributed by atoms with Gasteiger partial charge in [-0.3, -0.25) is 14.5 Å². The summed E-state index contributed by atoms with van der Waals surface area (Å²) < 4.78 is 16.1. The van der Waals surface area contributed by atoms with Crippen LogP contribution in [0.25, 0.3) is 0 Å². The van der Waals surface area contributed by atoms with Gasteiger partial charge < -0.3 is 14.2 Å². The second kappa shape index (κ2) is 9.05. The van der Waals surface area contributed by atoms with E-state index in [9.17, 15) is 14.4 Å². The lowest BCUT2D eigenvalue weighted by Gasteiger charge is -2.09. The summed E-state index contributed by atoms with van der Waals surface area (Å²) in [6, 6.07) is 11.4. The molecule has 3 rings (SSSR count). The Kier molecular flexibility index (Phi) is 6.29. The van der Waals surface area contributed by atoms with Crippen LogP contribution >= 0.6 is 0 Å². The lowest BCUT2D eigenvalue weighted by molar-refractivity contribution is 0.0450. The number of nitrogens with zero attached hydrogens (tertiary/aromatic N) is 1. The van der Waals surface area contributed by atoms with Crippen molar-refractivity contribution in [3.8, 4) is 11.5 Å². The Bertz CT molecular complexity index is 935. The van der Waals surface area contributed by atoms with Crippen molar-refractivity contribution in [2.75, 3.05) is 26.4 Å². The molecule has 0 unspecified atom stereocenters. The van der Waals surface area contributed by atoms with Crippen LogP contribution in [0.15, 0.2) is 55.1 Å². The highest BCUT2D eigenvalue weighted by Crippen LogP contribution is 2.24. The second-order valence-electron chi connectivity index (χ2n) is 6.16. The van der Waals surface area contributed by atoms with Crippen molar-refractivity contribution < 1.29 is 28.6 Å². The van der Waals surface area contributed by atoms with Crippen molar-refractivity contribution in [3.63, 3.8) is 0 Å². The van der Waals surface area contributed by atoms with Gasteiger partial charge in [0.1, 0.15) is 24.7 Å². The van der Waals surface area contributed by atoms with Crippen molar-refractivity contribution in [3.05, 3.63) is 71.8 Å². The Balaban J connectivity index is 1.53. The molecule has 0 saturated heterocycles. The SMILES string of the molecule is C=CCN1C(=O)c2ccc(C(=O)OCCOc3ccc(OCC)cc3)cc2C1=O. The summed E-state index contributed by atoms with van der Waals surface area (Å²) in [6.45, 7) is 6.37. The normalized spacial score (nSPS) is 12.5. The Morgan fingerprint density at radius 3 is 2.28 bits per heavy atom. The number of carbonyl (C=O) groups excluding carboxylic acids is 3. The number of imide groups is 1. The zero-order chi connectivity index (χ0) is 20.8. The van der Waals surface area contributed by atoms with Crippen LogP contribution in [-0.4, -0.2) is 49.0 Å². The molecule has 29 heavy (non-hydrogen) atoms. The number of hydrogen-bond donors (Lipinski definition) is 0. The number of carbonyl (C=O) groups is 3. The van der Waals surface area contributed by atoms with Gasteiger partial charge in [-0.05, 0) is 49.4 Å². The van der Waals surface area contributed by atoms with E-state index in [4.69, 9.17) is 14.2 Å². The van der Waals surface area contributed by atoms with E-state index in [0.717, 1.165) is 10.6 Å². The Hall–Kier alpha value is -3.61. The maximum atomic E-state index is 12.3. The highest BCUT2D eigenvalue weighted by Gasteiger charge is 2.35. The van der Waals surface area contributed by atoms with Crippen LogP contribution in [0.5, 0.6) is 11.5 Å². The number of ether oxygens (including phenoxy) is 3. The summed E-state index contributed by atoms with van der Waals surface area (Å²) in [4.78, 5) is 37.9. The molecule has 1 aliphatic heterocycles. The third kappa shape index (κ3) is 4.45. The third-order valence-corrected chi connectivity index (χ3v) is 4.24. The molecule has 0 N–H and O–H groups in total. The quantitative estimate of drug-likeness (QED) is 0.281. The smallest absolute Gasteiger partial charge is 0.338 e. The van der Waals surface area contributed by atoms with Crippen LogP contribution < -0.4 is 9.47 Å². The molecule has 7 nitrogen and oxygen atoms in total. The largest absolute Gasteiger partial charge is 0.494 e. The minimum absolute atomic E-state index is 0.0403. The Morgan fingerprint density at radius 1 is 0.966 bits per heavy atom. The number of esters is 1. The van der Waals surface area contributed by atoms with Crippen LogP contribution in [0.3, 0.4) is 0 Å². The van der Waals surface area contributed by atoms with E-state index >= 15 is 0 Å². The van der Waals surface area contributed by atoms with Crippen LogP contribution in [0, 0.1) is 0 Å². The maximum absolute atomic E-state index is 12.3. The molecule has 0 fully saturated rings. The van der Waals surface area contributed by atoms with E-state index in [2.05, 4.69) is 6.58 Å². The average Bonchev–Trinajstić information content (AvgIpc) is 2.97. The van der Waals surface area contributed by atoms with Gasteiger partial charge in [0.2, 0.25) is 0 Å². The molecule has 1 aliphatic rings. The minimum atomic E-state index is -0.592. The lowest BCUT2D eigenvalue weighted by atomic mass is 10.1. The number of amides is 2. The van der Waals surface area contributed by atoms with Gasteiger partial charge in [0.25, 0.3) is 11.8 Å². The summed E-state index contributed by atoms with van der Waals surface area (Å²) >= 11 is 0. The van der Waals surface area contributed by atoms with Crippen LogP contribution in [0.4, 0.5) is 0 Å². The Morgan fingerprint density at radius 2 is 1.62 bits per heavy atom. The number of fused-ring (bicyclic) bond motifs is 1. The van der Waals surface area contributed by atoms with E-state index in [-0.39, 0.29) is 36.4 Å². The first-order valence-electron chi connectivity index (χ1n) is 9.19. The molecule has 0 bridgehead atoms. The maximum Gasteiger partial charge on any atom is 0.338 e. The standard InChI is InChI=1S/C22H21NO6/c1-3-11-23-20(24)18-10-5-15(14-19(18)21(23)25)22(26)29-13-12-28-17-8-6-16(7-9-17)27-4-2/h3,5-10,14H,1,4,11-13H2,2H3. The van der Waals surface area contributed by atoms with E-state index in [1.165, 1.54) is 24.3 Å².